The lowest BCUT2D eigenvalue weighted by Crippen LogP contribution is -2.37. The van der Waals surface area contributed by atoms with Crippen molar-refractivity contribution >= 4 is 23.1 Å². The zero-order valence-corrected chi connectivity index (χ0v) is 14.1. The molecule has 0 radical (unpaired) electrons. The maximum Gasteiger partial charge on any atom is 0.356 e. The molecule has 1 aromatic carbocycles. The molecule has 1 aliphatic rings. The van der Waals surface area contributed by atoms with Gasteiger partial charge in [-0.25, -0.2) is 9.78 Å². The van der Waals surface area contributed by atoms with Gasteiger partial charge in [0.05, 0.1) is 23.8 Å². The van der Waals surface area contributed by atoms with E-state index in [4.69, 9.17) is 4.74 Å². The number of aromatic carboxylic acids is 1. The van der Waals surface area contributed by atoms with Crippen molar-refractivity contribution in [3.63, 3.8) is 0 Å². The standard InChI is InChI=1S/C17H15N5O5/c23-17(24)14-9-15-18-13(11-2-1-3-12(8-11)22(25)26)10-16(21(15)19-14)20-4-6-27-7-5-20/h1-3,8-10H,4-7H2,(H,23,24). The van der Waals surface area contributed by atoms with Crippen molar-refractivity contribution in [2.75, 3.05) is 31.2 Å². The summed E-state index contributed by atoms with van der Waals surface area (Å²) >= 11 is 0. The van der Waals surface area contributed by atoms with E-state index in [1.165, 1.54) is 22.7 Å². The average Bonchev–Trinajstić information content (AvgIpc) is 3.12. The van der Waals surface area contributed by atoms with E-state index in [9.17, 15) is 20.0 Å². The topological polar surface area (TPSA) is 123 Å². The molecule has 2 aromatic heterocycles. The number of aromatic nitrogens is 3. The number of non-ortho nitro benzene ring substituents is 1. The van der Waals surface area contributed by atoms with Crippen LogP contribution in [0.15, 0.2) is 36.4 Å². The van der Waals surface area contributed by atoms with E-state index in [2.05, 4.69) is 10.1 Å². The number of carbonyl (C=O) groups is 1. The fourth-order valence-corrected chi connectivity index (χ4v) is 3.01. The van der Waals surface area contributed by atoms with Gasteiger partial charge in [0.15, 0.2) is 11.3 Å². The molecule has 10 nitrogen and oxygen atoms in total. The van der Waals surface area contributed by atoms with Crippen LogP contribution in [-0.4, -0.2) is 56.9 Å². The van der Waals surface area contributed by atoms with Gasteiger partial charge >= 0.3 is 5.97 Å². The van der Waals surface area contributed by atoms with E-state index in [1.54, 1.807) is 18.2 Å². The number of nitro benzene ring substituents is 1. The SMILES string of the molecule is O=C(O)c1cc2nc(-c3cccc([N+](=O)[O-])c3)cc(N3CCOCC3)n2n1. The number of rotatable bonds is 4. The first-order valence-corrected chi connectivity index (χ1v) is 8.24. The summed E-state index contributed by atoms with van der Waals surface area (Å²) in [6, 6.07) is 9.31. The largest absolute Gasteiger partial charge is 0.476 e. The summed E-state index contributed by atoms with van der Waals surface area (Å²) < 4.78 is 6.86. The molecule has 1 fully saturated rings. The molecule has 10 heteroatoms. The quantitative estimate of drug-likeness (QED) is 0.546. The first kappa shape index (κ1) is 16.9. The van der Waals surface area contributed by atoms with Gasteiger partial charge in [0.25, 0.3) is 5.69 Å². The number of ether oxygens (including phenoxy) is 1. The molecule has 0 bridgehead atoms. The van der Waals surface area contributed by atoms with Crippen LogP contribution in [0.1, 0.15) is 10.5 Å². The summed E-state index contributed by atoms with van der Waals surface area (Å²) in [6.45, 7) is 2.33. The average molecular weight is 369 g/mol. The van der Waals surface area contributed by atoms with Gasteiger partial charge in [-0.15, -0.1) is 0 Å². The number of hydrogen-bond donors (Lipinski definition) is 1. The lowest BCUT2D eigenvalue weighted by molar-refractivity contribution is -0.384. The number of benzene rings is 1. The molecule has 3 heterocycles. The van der Waals surface area contributed by atoms with Crippen LogP contribution in [0.5, 0.6) is 0 Å². The van der Waals surface area contributed by atoms with Crippen LogP contribution >= 0.6 is 0 Å². The summed E-state index contributed by atoms with van der Waals surface area (Å²) in [7, 11) is 0. The van der Waals surface area contributed by atoms with Crippen molar-refractivity contribution in [1.82, 2.24) is 14.6 Å². The predicted octanol–water partition coefficient (Wildman–Crippen LogP) is 1.84. The summed E-state index contributed by atoms with van der Waals surface area (Å²) in [5, 5.41) is 24.5. The Morgan fingerprint density at radius 3 is 2.70 bits per heavy atom. The fourth-order valence-electron chi connectivity index (χ4n) is 3.01. The Kier molecular flexibility index (Phi) is 4.16. The molecule has 4 rings (SSSR count). The number of carboxylic acid groups (broad SMARTS) is 1. The minimum absolute atomic E-state index is 0.0400. The van der Waals surface area contributed by atoms with E-state index >= 15 is 0 Å². The molecule has 0 atom stereocenters. The number of nitro groups is 1. The van der Waals surface area contributed by atoms with Gasteiger partial charge < -0.3 is 14.7 Å². The monoisotopic (exact) mass is 369 g/mol. The second-order valence-corrected chi connectivity index (χ2v) is 6.01. The van der Waals surface area contributed by atoms with Crippen LogP contribution in [0.25, 0.3) is 16.9 Å². The lowest BCUT2D eigenvalue weighted by Gasteiger charge is -2.29. The third-order valence-electron chi connectivity index (χ3n) is 4.32. The molecule has 0 aliphatic carbocycles. The number of morpholine rings is 1. The Morgan fingerprint density at radius 2 is 2.00 bits per heavy atom. The molecule has 1 saturated heterocycles. The van der Waals surface area contributed by atoms with Crippen molar-refractivity contribution in [3.8, 4) is 11.3 Å². The third kappa shape index (κ3) is 3.17. The maximum absolute atomic E-state index is 11.3. The van der Waals surface area contributed by atoms with Crippen molar-refractivity contribution in [2.45, 2.75) is 0 Å². The minimum Gasteiger partial charge on any atom is -0.476 e. The first-order valence-electron chi connectivity index (χ1n) is 8.24. The van der Waals surface area contributed by atoms with Crippen molar-refractivity contribution in [2.24, 2.45) is 0 Å². The van der Waals surface area contributed by atoms with E-state index in [0.29, 0.717) is 49.0 Å². The van der Waals surface area contributed by atoms with Crippen LogP contribution < -0.4 is 4.90 Å². The van der Waals surface area contributed by atoms with Gasteiger partial charge in [0.2, 0.25) is 0 Å². The molecule has 1 N–H and O–H groups in total. The van der Waals surface area contributed by atoms with Crippen LogP contribution in [0.4, 0.5) is 11.5 Å². The Balaban J connectivity index is 1.89. The molecule has 138 valence electrons. The van der Waals surface area contributed by atoms with E-state index in [1.807, 2.05) is 4.90 Å². The Labute approximate surface area is 152 Å². The highest BCUT2D eigenvalue weighted by atomic mass is 16.6. The van der Waals surface area contributed by atoms with Crippen LogP contribution in [0.2, 0.25) is 0 Å². The highest BCUT2D eigenvalue weighted by molar-refractivity contribution is 5.87. The van der Waals surface area contributed by atoms with Crippen LogP contribution in [0.3, 0.4) is 0 Å². The number of carboxylic acids is 1. The predicted molar refractivity (Wildman–Crippen MR) is 95.1 cm³/mol. The van der Waals surface area contributed by atoms with E-state index in [-0.39, 0.29) is 11.4 Å². The molecular weight excluding hydrogens is 354 g/mol. The van der Waals surface area contributed by atoms with Crippen LogP contribution in [0, 0.1) is 10.1 Å². The molecule has 1 aliphatic heterocycles. The fraction of sp³-hybridized carbons (Fsp3) is 0.235. The van der Waals surface area contributed by atoms with Gasteiger partial charge in [-0.05, 0) is 0 Å². The molecule has 0 saturated carbocycles. The molecule has 3 aromatic rings. The lowest BCUT2D eigenvalue weighted by atomic mass is 10.1. The van der Waals surface area contributed by atoms with Crippen molar-refractivity contribution in [3.05, 3.63) is 52.2 Å². The smallest absolute Gasteiger partial charge is 0.356 e. The first-order chi connectivity index (χ1) is 13.0. The third-order valence-corrected chi connectivity index (χ3v) is 4.32. The van der Waals surface area contributed by atoms with Crippen molar-refractivity contribution < 1.29 is 19.6 Å². The minimum atomic E-state index is -1.15. The summed E-state index contributed by atoms with van der Waals surface area (Å²) in [6.07, 6.45) is 0. The Hall–Kier alpha value is -3.53. The normalized spacial score (nSPS) is 14.4. The molecule has 0 amide bonds. The Bertz CT molecular complexity index is 1040. The van der Waals surface area contributed by atoms with Gasteiger partial charge in [-0.2, -0.15) is 9.61 Å². The summed E-state index contributed by atoms with van der Waals surface area (Å²) in [5.41, 5.74) is 1.27. The van der Waals surface area contributed by atoms with Crippen molar-refractivity contribution in [1.29, 1.82) is 0 Å². The van der Waals surface area contributed by atoms with Gasteiger partial charge in [0, 0.05) is 42.9 Å². The van der Waals surface area contributed by atoms with Gasteiger partial charge in [0.1, 0.15) is 5.82 Å². The van der Waals surface area contributed by atoms with Gasteiger partial charge in [-0.1, -0.05) is 12.1 Å². The number of fused-ring (bicyclic) bond motifs is 1. The number of anilines is 1. The highest BCUT2D eigenvalue weighted by Crippen LogP contribution is 2.28. The second-order valence-electron chi connectivity index (χ2n) is 6.01. The van der Waals surface area contributed by atoms with Gasteiger partial charge in [-0.3, -0.25) is 10.1 Å². The molecular formula is C17H15N5O5. The molecule has 0 spiro atoms. The zero-order chi connectivity index (χ0) is 19.0. The highest BCUT2D eigenvalue weighted by Gasteiger charge is 2.20. The second kappa shape index (κ2) is 6.65. The summed E-state index contributed by atoms with van der Waals surface area (Å²) in [5.74, 6) is -0.484. The van der Waals surface area contributed by atoms with E-state index < -0.39 is 10.9 Å². The molecule has 27 heavy (non-hydrogen) atoms. The summed E-state index contributed by atoms with van der Waals surface area (Å²) in [4.78, 5) is 28.4. The maximum atomic E-state index is 11.3. The number of nitrogens with zero attached hydrogens (tertiary/aromatic N) is 5. The van der Waals surface area contributed by atoms with E-state index in [0.717, 1.165) is 0 Å². The van der Waals surface area contributed by atoms with Crippen LogP contribution in [-0.2, 0) is 4.74 Å². The zero-order valence-electron chi connectivity index (χ0n) is 14.1. The Morgan fingerprint density at radius 1 is 1.22 bits per heavy atom. The molecule has 0 unspecified atom stereocenters. The number of hydrogen-bond acceptors (Lipinski definition) is 7.